The average Bonchev–Trinajstić information content (AvgIpc) is 2.90. The van der Waals surface area contributed by atoms with Gasteiger partial charge in [-0.05, 0) is 12.8 Å². The Balaban J connectivity index is 1.96. The second-order valence-corrected chi connectivity index (χ2v) is 4.23. The molecule has 0 aromatic carbocycles. The predicted molar refractivity (Wildman–Crippen MR) is 60.0 cm³/mol. The summed E-state index contributed by atoms with van der Waals surface area (Å²) >= 11 is 0. The van der Waals surface area contributed by atoms with Gasteiger partial charge in [0.1, 0.15) is 6.33 Å². The zero-order valence-corrected chi connectivity index (χ0v) is 9.22. The smallest absolute Gasteiger partial charge is 0.183 e. The molecule has 3 rings (SSSR count). The van der Waals surface area contributed by atoms with Crippen molar-refractivity contribution in [3.63, 3.8) is 0 Å². The molecule has 84 valence electrons. The zero-order chi connectivity index (χ0) is 11.0. The number of aryl methyl sites for hydroxylation is 1. The minimum Gasteiger partial charge on any atom is -0.365 e. The van der Waals surface area contributed by atoms with Crippen molar-refractivity contribution >= 4 is 17.0 Å². The molecule has 2 aromatic rings. The molecule has 16 heavy (non-hydrogen) atoms. The minimum absolute atomic E-state index is 0.528. The van der Waals surface area contributed by atoms with Crippen LogP contribution in [-0.2, 0) is 7.05 Å². The van der Waals surface area contributed by atoms with Gasteiger partial charge in [-0.2, -0.15) is 0 Å². The summed E-state index contributed by atoms with van der Waals surface area (Å²) < 4.78 is 1.66. The number of hydrogen-bond donors (Lipinski definition) is 1. The highest BCUT2D eigenvalue weighted by atomic mass is 15.4. The van der Waals surface area contributed by atoms with Crippen LogP contribution >= 0.6 is 0 Å². The lowest BCUT2D eigenvalue weighted by atomic mass is 10.2. The van der Waals surface area contributed by atoms with E-state index in [4.69, 9.17) is 0 Å². The first-order valence-electron chi connectivity index (χ1n) is 5.61. The van der Waals surface area contributed by atoms with Crippen molar-refractivity contribution in [1.82, 2.24) is 25.0 Å². The van der Waals surface area contributed by atoms with Crippen LogP contribution in [0, 0.1) is 0 Å². The lowest BCUT2D eigenvalue weighted by Gasteiger charge is -2.11. The number of anilines is 1. The highest BCUT2D eigenvalue weighted by Gasteiger charge is 2.17. The summed E-state index contributed by atoms with van der Waals surface area (Å²) in [6.45, 7) is 0. The van der Waals surface area contributed by atoms with Crippen molar-refractivity contribution in [2.75, 3.05) is 5.32 Å². The summed E-state index contributed by atoms with van der Waals surface area (Å²) in [5, 5.41) is 11.5. The Bertz CT molecular complexity index is 499. The van der Waals surface area contributed by atoms with E-state index in [0.29, 0.717) is 6.04 Å². The van der Waals surface area contributed by atoms with E-state index in [0.717, 1.165) is 17.0 Å². The Hall–Kier alpha value is -1.72. The summed E-state index contributed by atoms with van der Waals surface area (Å²) in [6.07, 6.45) is 6.58. The van der Waals surface area contributed by atoms with Crippen molar-refractivity contribution in [3.05, 3.63) is 6.33 Å². The third-order valence-corrected chi connectivity index (χ3v) is 3.08. The topological polar surface area (TPSA) is 68.5 Å². The molecule has 6 heteroatoms. The molecule has 1 aliphatic carbocycles. The van der Waals surface area contributed by atoms with Crippen LogP contribution in [0.15, 0.2) is 6.33 Å². The molecule has 0 saturated heterocycles. The van der Waals surface area contributed by atoms with E-state index in [9.17, 15) is 0 Å². The first-order valence-corrected chi connectivity index (χ1v) is 5.61. The number of hydrogen-bond acceptors (Lipinski definition) is 5. The molecule has 0 amide bonds. The number of nitrogens with one attached hydrogen (secondary N) is 1. The molecule has 1 saturated carbocycles. The van der Waals surface area contributed by atoms with E-state index in [1.807, 2.05) is 7.05 Å². The largest absolute Gasteiger partial charge is 0.365 e. The molecule has 0 aliphatic heterocycles. The summed E-state index contributed by atoms with van der Waals surface area (Å²) in [4.78, 5) is 8.41. The van der Waals surface area contributed by atoms with Gasteiger partial charge in [-0.3, -0.25) is 0 Å². The predicted octanol–water partition coefficient (Wildman–Crippen LogP) is 1.11. The quantitative estimate of drug-likeness (QED) is 0.817. The van der Waals surface area contributed by atoms with Crippen molar-refractivity contribution in [2.24, 2.45) is 7.05 Å². The van der Waals surface area contributed by atoms with Crippen molar-refractivity contribution in [2.45, 2.75) is 31.7 Å². The Morgan fingerprint density at radius 3 is 2.94 bits per heavy atom. The van der Waals surface area contributed by atoms with E-state index in [1.54, 1.807) is 11.0 Å². The fraction of sp³-hybridized carbons (Fsp3) is 0.600. The molecule has 2 aromatic heterocycles. The lowest BCUT2D eigenvalue weighted by molar-refractivity contribution is 0.729. The maximum absolute atomic E-state index is 4.25. The van der Waals surface area contributed by atoms with Crippen molar-refractivity contribution < 1.29 is 0 Å². The molecule has 0 radical (unpaired) electrons. The normalized spacial score (nSPS) is 17.1. The summed E-state index contributed by atoms with van der Waals surface area (Å²) in [5.74, 6) is 0.810. The van der Waals surface area contributed by atoms with Crippen LogP contribution in [0.5, 0.6) is 0 Å². The monoisotopic (exact) mass is 218 g/mol. The van der Waals surface area contributed by atoms with Gasteiger partial charge in [0.15, 0.2) is 17.0 Å². The Labute approximate surface area is 93.1 Å². The van der Waals surface area contributed by atoms with Crippen LogP contribution in [0.2, 0.25) is 0 Å². The van der Waals surface area contributed by atoms with Gasteiger partial charge >= 0.3 is 0 Å². The maximum atomic E-state index is 4.25. The second-order valence-electron chi connectivity index (χ2n) is 4.23. The SMILES string of the molecule is Cn1nnc2c(NC3CCCC3)ncnc21. The van der Waals surface area contributed by atoms with E-state index in [-0.39, 0.29) is 0 Å². The van der Waals surface area contributed by atoms with Crippen LogP contribution in [0.25, 0.3) is 11.2 Å². The number of fused-ring (bicyclic) bond motifs is 1. The number of rotatable bonds is 2. The van der Waals surface area contributed by atoms with Gasteiger partial charge in [0, 0.05) is 13.1 Å². The minimum atomic E-state index is 0.528. The zero-order valence-electron chi connectivity index (χ0n) is 9.22. The van der Waals surface area contributed by atoms with Gasteiger partial charge in [0.2, 0.25) is 0 Å². The van der Waals surface area contributed by atoms with Gasteiger partial charge in [-0.1, -0.05) is 18.1 Å². The van der Waals surface area contributed by atoms with Crippen LogP contribution in [-0.4, -0.2) is 31.0 Å². The fourth-order valence-corrected chi connectivity index (χ4v) is 2.22. The number of aromatic nitrogens is 5. The molecule has 6 nitrogen and oxygen atoms in total. The number of nitrogens with zero attached hydrogens (tertiary/aromatic N) is 5. The lowest BCUT2D eigenvalue weighted by Crippen LogP contribution is -2.15. The van der Waals surface area contributed by atoms with Crippen LogP contribution < -0.4 is 5.32 Å². The molecule has 0 atom stereocenters. The van der Waals surface area contributed by atoms with Crippen molar-refractivity contribution in [1.29, 1.82) is 0 Å². The van der Waals surface area contributed by atoms with Crippen LogP contribution in [0.4, 0.5) is 5.82 Å². The van der Waals surface area contributed by atoms with Gasteiger partial charge in [-0.25, -0.2) is 14.6 Å². The molecular weight excluding hydrogens is 204 g/mol. The summed E-state index contributed by atoms with van der Waals surface area (Å²) in [6, 6.07) is 0.528. The Morgan fingerprint density at radius 2 is 2.12 bits per heavy atom. The van der Waals surface area contributed by atoms with Gasteiger partial charge in [-0.15, -0.1) is 5.10 Å². The molecule has 2 heterocycles. The standard InChI is InChI=1S/C10H14N6/c1-16-10-8(14-15-16)9(11-6-12-10)13-7-4-2-3-5-7/h6-7H,2-5H2,1H3,(H,11,12,13). The first kappa shape index (κ1) is 9.50. The van der Waals surface area contributed by atoms with E-state index in [1.165, 1.54) is 25.7 Å². The fourth-order valence-electron chi connectivity index (χ4n) is 2.22. The summed E-state index contributed by atoms with van der Waals surface area (Å²) in [5.41, 5.74) is 1.53. The average molecular weight is 218 g/mol. The third kappa shape index (κ3) is 1.50. The Kier molecular flexibility index (Phi) is 2.19. The van der Waals surface area contributed by atoms with Crippen molar-refractivity contribution in [3.8, 4) is 0 Å². The molecule has 0 bridgehead atoms. The highest BCUT2D eigenvalue weighted by molar-refractivity contribution is 5.81. The van der Waals surface area contributed by atoms with E-state index >= 15 is 0 Å². The van der Waals surface area contributed by atoms with E-state index < -0.39 is 0 Å². The molecular formula is C10H14N6. The molecule has 0 unspecified atom stereocenters. The molecule has 1 fully saturated rings. The second kappa shape index (κ2) is 3.70. The van der Waals surface area contributed by atoms with Crippen LogP contribution in [0.3, 0.4) is 0 Å². The molecule has 1 N–H and O–H groups in total. The Morgan fingerprint density at radius 1 is 1.31 bits per heavy atom. The van der Waals surface area contributed by atoms with Gasteiger partial charge in [0.25, 0.3) is 0 Å². The summed E-state index contributed by atoms with van der Waals surface area (Å²) in [7, 11) is 1.84. The highest BCUT2D eigenvalue weighted by Crippen LogP contribution is 2.23. The van der Waals surface area contributed by atoms with E-state index in [2.05, 4.69) is 25.6 Å². The first-order chi connectivity index (χ1) is 7.84. The van der Waals surface area contributed by atoms with Gasteiger partial charge < -0.3 is 5.32 Å². The molecule has 1 aliphatic rings. The third-order valence-electron chi connectivity index (χ3n) is 3.08. The maximum Gasteiger partial charge on any atom is 0.183 e. The van der Waals surface area contributed by atoms with Crippen LogP contribution in [0.1, 0.15) is 25.7 Å². The molecule has 0 spiro atoms. The van der Waals surface area contributed by atoms with Gasteiger partial charge in [0.05, 0.1) is 0 Å².